The van der Waals surface area contributed by atoms with Gasteiger partial charge in [0.15, 0.2) is 10.7 Å². The fourth-order valence-corrected chi connectivity index (χ4v) is 1.61. The minimum Gasteiger partial charge on any atom is -0.465 e. The molecule has 0 spiro atoms. The van der Waals surface area contributed by atoms with E-state index in [-0.39, 0.29) is 10.7 Å². The third-order valence-corrected chi connectivity index (χ3v) is 2.41. The van der Waals surface area contributed by atoms with Crippen molar-refractivity contribution < 1.29 is 9.53 Å². The number of nitrogens with zero attached hydrogens (tertiary/aromatic N) is 2. The van der Waals surface area contributed by atoms with Crippen LogP contribution in [-0.2, 0) is 4.74 Å². The molecule has 96 valence electrons. The lowest BCUT2D eigenvalue weighted by molar-refractivity contribution is 0.0598. The predicted octanol–water partition coefficient (Wildman–Crippen LogP) is 2.21. The summed E-state index contributed by atoms with van der Waals surface area (Å²) in [7, 11) is 1.17. The molecule has 6 heteroatoms. The summed E-state index contributed by atoms with van der Waals surface area (Å²) in [5, 5.41) is -0.189. The highest BCUT2D eigenvalue weighted by atomic mass is 35.5. The van der Waals surface area contributed by atoms with Crippen LogP contribution in [0.5, 0.6) is 0 Å². The van der Waals surface area contributed by atoms with E-state index in [2.05, 4.69) is 16.3 Å². The number of hydrogen-bond donors (Lipinski definition) is 0. The van der Waals surface area contributed by atoms with Crippen LogP contribution in [0.1, 0.15) is 30.0 Å². The Morgan fingerprint density at radius 3 is 2.61 bits per heavy atom. The highest BCUT2D eigenvalue weighted by Gasteiger charge is 2.21. The first-order valence-corrected chi connectivity index (χ1v) is 5.50. The third kappa shape index (κ3) is 2.51. The summed E-state index contributed by atoms with van der Waals surface area (Å²) in [6, 6.07) is 0. The molecule has 0 amide bonds. The Labute approximate surface area is 109 Å². The summed E-state index contributed by atoms with van der Waals surface area (Å²) < 4.78 is 5.72. The Morgan fingerprint density at radius 2 is 2.17 bits per heavy atom. The molecule has 5 nitrogen and oxygen atoms in total. The van der Waals surface area contributed by atoms with Crippen LogP contribution in [0.25, 0.3) is 11.8 Å². The highest BCUT2D eigenvalue weighted by molar-refractivity contribution is 6.32. The van der Waals surface area contributed by atoms with Gasteiger partial charge in [-0.3, -0.25) is 9.36 Å². The maximum Gasteiger partial charge on any atom is 0.346 e. The van der Waals surface area contributed by atoms with Crippen molar-refractivity contribution in [3.8, 4) is 0 Å². The van der Waals surface area contributed by atoms with E-state index in [0.717, 1.165) is 0 Å². The van der Waals surface area contributed by atoms with Crippen molar-refractivity contribution in [1.82, 2.24) is 9.55 Å². The topological polar surface area (TPSA) is 61.2 Å². The van der Waals surface area contributed by atoms with E-state index in [9.17, 15) is 9.59 Å². The van der Waals surface area contributed by atoms with Gasteiger partial charge in [0.2, 0.25) is 0 Å². The predicted molar refractivity (Wildman–Crippen MR) is 70.6 cm³/mol. The molecular weight excluding hydrogens is 256 g/mol. The number of carbonyl (C=O) groups excluding carboxylic acids is 1. The standard InChI is InChI=1S/C12H13ClN2O3/c1-5-6-15-10(7(2)3)14-9(13)8(11(15)16)12(17)18-4/h5-6H,2H2,1,3-4H3. The summed E-state index contributed by atoms with van der Waals surface area (Å²) >= 11 is 5.83. The molecule has 0 bridgehead atoms. The molecule has 0 radical (unpaired) electrons. The molecule has 0 aromatic carbocycles. The quantitative estimate of drug-likeness (QED) is 0.623. The normalized spacial score (nSPS) is 10.7. The van der Waals surface area contributed by atoms with E-state index < -0.39 is 11.5 Å². The molecule has 0 fully saturated rings. The average molecular weight is 269 g/mol. The first kappa shape index (κ1) is 14.2. The molecule has 1 rings (SSSR count). The van der Waals surface area contributed by atoms with Crippen LogP contribution in [-0.4, -0.2) is 22.6 Å². The lowest BCUT2D eigenvalue weighted by atomic mass is 10.2. The van der Waals surface area contributed by atoms with Crippen molar-refractivity contribution in [2.75, 3.05) is 7.11 Å². The Kier molecular flexibility index (Phi) is 4.44. The molecule has 0 atom stereocenters. The van der Waals surface area contributed by atoms with Gasteiger partial charge in [-0.05, 0) is 19.4 Å². The number of rotatable bonds is 3. The summed E-state index contributed by atoms with van der Waals surface area (Å²) in [6.07, 6.45) is 3.13. The fourth-order valence-electron chi connectivity index (χ4n) is 1.37. The van der Waals surface area contributed by atoms with Crippen molar-refractivity contribution in [2.24, 2.45) is 0 Å². The van der Waals surface area contributed by atoms with Gasteiger partial charge in [0.05, 0.1) is 7.11 Å². The van der Waals surface area contributed by atoms with E-state index in [1.165, 1.54) is 17.9 Å². The van der Waals surface area contributed by atoms with Gasteiger partial charge in [0.25, 0.3) is 5.56 Å². The van der Waals surface area contributed by atoms with E-state index in [1.807, 2.05) is 0 Å². The summed E-state index contributed by atoms with van der Waals surface area (Å²) in [4.78, 5) is 27.6. The largest absolute Gasteiger partial charge is 0.465 e. The summed E-state index contributed by atoms with van der Waals surface area (Å²) in [6.45, 7) is 7.14. The second kappa shape index (κ2) is 5.64. The van der Waals surface area contributed by atoms with Crippen molar-refractivity contribution in [1.29, 1.82) is 0 Å². The SMILES string of the molecule is C=C(C)c1nc(Cl)c(C(=O)OC)c(=O)n1C=CC. The molecule has 0 saturated heterocycles. The van der Waals surface area contributed by atoms with Crippen LogP contribution in [0, 0.1) is 0 Å². The van der Waals surface area contributed by atoms with E-state index in [0.29, 0.717) is 11.4 Å². The van der Waals surface area contributed by atoms with Gasteiger partial charge >= 0.3 is 5.97 Å². The van der Waals surface area contributed by atoms with Crippen molar-refractivity contribution in [2.45, 2.75) is 13.8 Å². The second-order valence-corrected chi connectivity index (χ2v) is 3.89. The second-order valence-electron chi connectivity index (χ2n) is 3.53. The van der Waals surface area contributed by atoms with E-state index >= 15 is 0 Å². The van der Waals surface area contributed by atoms with Crippen LogP contribution in [0.2, 0.25) is 5.15 Å². The van der Waals surface area contributed by atoms with Gasteiger partial charge in [0, 0.05) is 6.20 Å². The minimum atomic E-state index is -0.816. The molecule has 0 unspecified atom stereocenters. The molecule has 0 aliphatic heterocycles. The zero-order valence-electron chi connectivity index (χ0n) is 10.4. The van der Waals surface area contributed by atoms with Crippen molar-refractivity contribution in [3.05, 3.63) is 39.5 Å². The van der Waals surface area contributed by atoms with Crippen molar-refractivity contribution >= 4 is 29.3 Å². The van der Waals surface area contributed by atoms with Gasteiger partial charge in [-0.25, -0.2) is 9.78 Å². The molecule has 18 heavy (non-hydrogen) atoms. The average Bonchev–Trinajstić information content (AvgIpc) is 2.31. The zero-order chi connectivity index (χ0) is 13.9. The van der Waals surface area contributed by atoms with Gasteiger partial charge in [-0.2, -0.15) is 0 Å². The van der Waals surface area contributed by atoms with E-state index in [1.54, 1.807) is 19.9 Å². The first-order chi connectivity index (χ1) is 8.43. The molecule has 0 N–H and O–H groups in total. The molecule has 1 aromatic heterocycles. The van der Waals surface area contributed by atoms with Gasteiger partial charge in [-0.15, -0.1) is 0 Å². The Hall–Kier alpha value is -1.88. The van der Waals surface area contributed by atoms with Gasteiger partial charge in [0.1, 0.15) is 5.82 Å². The fraction of sp³-hybridized carbons (Fsp3) is 0.250. The molecule has 0 aliphatic carbocycles. The maximum absolute atomic E-state index is 12.2. The van der Waals surface area contributed by atoms with Gasteiger partial charge in [-0.1, -0.05) is 24.3 Å². The van der Waals surface area contributed by atoms with Crippen molar-refractivity contribution in [3.63, 3.8) is 0 Å². The molecule has 1 aromatic rings. The number of methoxy groups -OCH3 is 1. The number of aromatic nitrogens is 2. The van der Waals surface area contributed by atoms with E-state index in [4.69, 9.17) is 11.6 Å². The third-order valence-electron chi connectivity index (χ3n) is 2.14. The van der Waals surface area contributed by atoms with Crippen LogP contribution in [0.3, 0.4) is 0 Å². The highest BCUT2D eigenvalue weighted by Crippen LogP contribution is 2.15. The number of halogens is 1. The minimum absolute atomic E-state index is 0.189. The Bertz CT molecular complexity index is 588. The van der Waals surface area contributed by atoms with Crippen LogP contribution in [0.4, 0.5) is 0 Å². The maximum atomic E-state index is 12.2. The first-order valence-electron chi connectivity index (χ1n) is 5.13. The summed E-state index contributed by atoms with van der Waals surface area (Å²) in [5.74, 6) is -0.514. The van der Waals surface area contributed by atoms with Gasteiger partial charge < -0.3 is 4.74 Å². The number of allylic oxidation sites excluding steroid dienone is 2. The zero-order valence-corrected chi connectivity index (χ0v) is 11.1. The Balaban J connectivity index is 3.71. The molecule has 0 saturated carbocycles. The number of carbonyl (C=O) groups is 1. The lowest BCUT2D eigenvalue weighted by Crippen LogP contribution is -2.28. The smallest absolute Gasteiger partial charge is 0.346 e. The monoisotopic (exact) mass is 268 g/mol. The van der Waals surface area contributed by atoms with Crippen LogP contribution in [0.15, 0.2) is 17.4 Å². The van der Waals surface area contributed by atoms with Crippen LogP contribution < -0.4 is 5.56 Å². The number of hydrogen-bond acceptors (Lipinski definition) is 4. The number of ether oxygens (including phenoxy) is 1. The van der Waals surface area contributed by atoms with Crippen LogP contribution >= 0.6 is 11.6 Å². The lowest BCUT2D eigenvalue weighted by Gasteiger charge is -2.10. The number of esters is 1. The summed E-state index contributed by atoms with van der Waals surface area (Å²) in [5.41, 5.74) is -0.316. The Morgan fingerprint density at radius 1 is 1.56 bits per heavy atom. The molecule has 0 aliphatic rings. The molecular formula is C12H13ClN2O3. The molecule has 1 heterocycles.